The van der Waals surface area contributed by atoms with Crippen LogP contribution in [0.15, 0.2) is 24.5 Å². The summed E-state index contributed by atoms with van der Waals surface area (Å²) in [7, 11) is 1.40. The van der Waals surface area contributed by atoms with Crippen LogP contribution in [0.3, 0.4) is 0 Å². The maximum absolute atomic E-state index is 13.4. The maximum atomic E-state index is 13.4. The van der Waals surface area contributed by atoms with Gasteiger partial charge in [0.15, 0.2) is 17.3 Å². The molecule has 0 radical (unpaired) electrons. The average Bonchev–Trinajstić information content (AvgIpc) is 2.77. The van der Waals surface area contributed by atoms with Gasteiger partial charge in [-0.15, -0.1) is 0 Å². The van der Waals surface area contributed by atoms with Gasteiger partial charge < -0.3 is 9.72 Å². The number of imidazole rings is 1. The van der Waals surface area contributed by atoms with E-state index in [9.17, 15) is 4.39 Å². The molecule has 0 fully saturated rings. The summed E-state index contributed by atoms with van der Waals surface area (Å²) in [6, 6.07) is 6.39. The highest BCUT2D eigenvalue weighted by molar-refractivity contribution is 5.65. The largest absolute Gasteiger partial charge is 0.494 e. The first-order valence-corrected chi connectivity index (χ1v) is 4.53. The molecule has 0 amide bonds. The number of methoxy groups -OCH3 is 1. The zero-order valence-corrected chi connectivity index (χ0v) is 8.49. The maximum Gasteiger partial charge on any atom is 0.166 e. The van der Waals surface area contributed by atoms with E-state index in [1.165, 1.54) is 25.6 Å². The van der Waals surface area contributed by atoms with Crippen LogP contribution in [0.1, 0.15) is 5.69 Å². The van der Waals surface area contributed by atoms with Crippen molar-refractivity contribution in [3.8, 4) is 23.1 Å². The summed E-state index contributed by atoms with van der Waals surface area (Å²) in [5.74, 6) is -0.305. The minimum atomic E-state index is -0.474. The van der Waals surface area contributed by atoms with E-state index in [0.29, 0.717) is 11.3 Å². The van der Waals surface area contributed by atoms with E-state index < -0.39 is 5.82 Å². The molecule has 5 heteroatoms. The summed E-state index contributed by atoms with van der Waals surface area (Å²) >= 11 is 0. The van der Waals surface area contributed by atoms with E-state index in [4.69, 9.17) is 10.00 Å². The van der Waals surface area contributed by atoms with E-state index in [-0.39, 0.29) is 11.4 Å². The predicted octanol–water partition coefficient (Wildman–Crippen LogP) is 2.10. The van der Waals surface area contributed by atoms with Gasteiger partial charge in [0.1, 0.15) is 6.07 Å². The number of halogens is 1. The zero-order valence-electron chi connectivity index (χ0n) is 8.49. The highest BCUT2D eigenvalue weighted by Gasteiger charge is 2.10. The van der Waals surface area contributed by atoms with Gasteiger partial charge in [-0.1, -0.05) is 0 Å². The molecule has 0 atom stereocenters. The summed E-state index contributed by atoms with van der Waals surface area (Å²) in [6.07, 6.45) is 1.40. The Bertz CT molecular complexity index is 557. The van der Waals surface area contributed by atoms with Crippen LogP contribution in [0, 0.1) is 17.1 Å². The van der Waals surface area contributed by atoms with Crippen LogP contribution in [0.5, 0.6) is 5.75 Å². The first kappa shape index (κ1) is 10.2. The highest BCUT2D eigenvalue weighted by atomic mass is 19.1. The molecule has 0 aliphatic carbocycles. The van der Waals surface area contributed by atoms with Crippen molar-refractivity contribution in [3.05, 3.63) is 36.0 Å². The van der Waals surface area contributed by atoms with Crippen LogP contribution in [-0.2, 0) is 0 Å². The molecular weight excluding hydrogens is 209 g/mol. The summed E-state index contributed by atoms with van der Waals surface area (Å²) < 4.78 is 18.2. The summed E-state index contributed by atoms with van der Waals surface area (Å²) in [5, 5.41) is 8.79. The molecule has 0 saturated carbocycles. The number of nitrogens with zero attached hydrogens (tertiary/aromatic N) is 2. The van der Waals surface area contributed by atoms with Gasteiger partial charge in [-0.3, -0.25) is 0 Å². The fourth-order valence-electron chi connectivity index (χ4n) is 1.42. The number of rotatable bonds is 2. The SMILES string of the molecule is COc1ccc(-c2[nH]cnc2C#N)cc1F. The molecule has 0 spiro atoms. The van der Waals surface area contributed by atoms with Crippen molar-refractivity contribution in [1.29, 1.82) is 5.26 Å². The van der Waals surface area contributed by atoms with Crippen molar-refractivity contribution in [3.63, 3.8) is 0 Å². The number of hydrogen-bond donors (Lipinski definition) is 1. The minimum absolute atomic E-state index is 0.168. The molecule has 4 nitrogen and oxygen atoms in total. The fourth-order valence-corrected chi connectivity index (χ4v) is 1.42. The van der Waals surface area contributed by atoms with E-state index in [2.05, 4.69) is 9.97 Å². The molecule has 0 aliphatic rings. The first-order valence-electron chi connectivity index (χ1n) is 4.53. The smallest absolute Gasteiger partial charge is 0.166 e. The molecule has 1 aromatic heterocycles. The molecule has 80 valence electrons. The molecule has 0 saturated heterocycles. The summed E-state index contributed by atoms with van der Waals surface area (Å²) in [6.45, 7) is 0. The molecule has 1 N–H and O–H groups in total. The summed E-state index contributed by atoms with van der Waals surface area (Å²) in [4.78, 5) is 6.61. The molecule has 16 heavy (non-hydrogen) atoms. The lowest BCUT2D eigenvalue weighted by molar-refractivity contribution is 0.386. The van der Waals surface area contributed by atoms with Crippen LogP contribution < -0.4 is 4.74 Å². The van der Waals surface area contributed by atoms with Crippen LogP contribution in [0.4, 0.5) is 4.39 Å². The molecule has 0 bridgehead atoms. The first-order chi connectivity index (χ1) is 7.76. The van der Waals surface area contributed by atoms with Crippen molar-refractivity contribution in [2.24, 2.45) is 0 Å². The van der Waals surface area contributed by atoms with Crippen molar-refractivity contribution in [1.82, 2.24) is 9.97 Å². The third-order valence-electron chi connectivity index (χ3n) is 2.19. The van der Waals surface area contributed by atoms with Gasteiger partial charge in [0.25, 0.3) is 0 Å². The highest BCUT2D eigenvalue weighted by Crippen LogP contribution is 2.25. The second kappa shape index (κ2) is 4.03. The monoisotopic (exact) mass is 217 g/mol. The number of hydrogen-bond acceptors (Lipinski definition) is 3. The van der Waals surface area contributed by atoms with Crippen molar-refractivity contribution < 1.29 is 9.13 Å². The minimum Gasteiger partial charge on any atom is -0.494 e. The van der Waals surface area contributed by atoms with Gasteiger partial charge >= 0.3 is 0 Å². The Balaban J connectivity index is 2.50. The number of aromatic amines is 1. The molecule has 1 aromatic carbocycles. The topological polar surface area (TPSA) is 61.7 Å². The fraction of sp³-hybridized carbons (Fsp3) is 0.0909. The third-order valence-corrected chi connectivity index (χ3v) is 2.19. The molecule has 0 unspecified atom stereocenters. The number of H-pyrrole nitrogens is 1. The van der Waals surface area contributed by atoms with Crippen molar-refractivity contribution in [2.75, 3.05) is 7.11 Å². The van der Waals surface area contributed by atoms with E-state index in [0.717, 1.165) is 0 Å². The van der Waals surface area contributed by atoms with E-state index in [1.807, 2.05) is 6.07 Å². The van der Waals surface area contributed by atoms with E-state index in [1.54, 1.807) is 6.07 Å². The molecular formula is C11H8FN3O. The van der Waals surface area contributed by atoms with Crippen LogP contribution in [-0.4, -0.2) is 17.1 Å². The lowest BCUT2D eigenvalue weighted by atomic mass is 10.1. The molecule has 1 heterocycles. The lowest BCUT2D eigenvalue weighted by Crippen LogP contribution is -1.89. The average molecular weight is 217 g/mol. The van der Waals surface area contributed by atoms with Crippen molar-refractivity contribution >= 4 is 0 Å². The predicted molar refractivity (Wildman–Crippen MR) is 55.2 cm³/mol. The summed E-state index contributed by atoms with van der Waals surface area (Å²) in [5.41, 5.74) is 1.31. The Morgan fingerprint density at radius 3 is 2.94 bits per heavy atom. The van der Waals surface area contributed by atoms with Gasteiger partial charge in [-0.05, 0) is 18.2 Å². The molecule has 0 aliphatic heterocycles. The van der Waals surface area contributed by atoms with Gasteiger partial charge in [0.05, 0.1) is 19.1 Å². The number of benzene rings is 1. The van der Waals surface area contributed by atoms with Gasteiger partial charge in [-0.25, -0.2) is 9.37 Å². The van der Waals surface area contributed by atoms with Crippen molar-refractivity contribution in [2.45, 2.75) is 0 Å². The van der Waals surface area contributed by atoms with Crippen LogP contribution >= 0.6 is 0 Å². The Morgan fingerprint density at radius 2 is 2.31 bits per heavy atom. The second-order valence-corrected chi connectivity index (χ2v) is 3.09. The Hall–Kier alpha value is -2.35. The Labute approximate surface area is 91.3 Å². The van der Waals surface area contributed by atoms with Gasteiger partial charge in [0.2, 0.25) is 0 Å². The van der Waals surface area contributed by atoms with Gasteiger partial charge in [-0.2, -0.15) is 5.26 Å². The van der Waals surface area contributed by atoms with Crippen LogP contribution in [0.2, 0.25) is 0 Å². The number of nitriles is 1. The quantitative estimate of drug-likeness (QED) is 0.837. The third kappa shape index (κ3) is 1.61. The second-order valence-electron chi connectivity index (χ2n) is 3.09. The number of nitrogens with one attached hydrogen (secondary N) is 1. The normalized spacial score (nSPS) is 9.81. The Morgan fingerprint density at radius 1 is 1.50 bits per heavy atom. The van der Waals surface area contributed by atoms with Crippen LogP contribution in [0.25, 0.3) is 11.3 Å². The number of ether oxygens (including phenoxy) is 1. The molecule has 2 rings (SSSR count). The molecule has 2 aromatic rings. The zero-order chi connectivity index (χ0) is 11.5. The Kier molecular flexibility index (Phi) is 2.56. The standard InChI is InChI=1S/C11H8FN3O/c1-16-10-3-2-7(4-8(10)12)11-9(5-13)14-6-15-11/h2-4,6H,1H3,(H,14,15). The number of aromatic nitrogens is 2. The van der Waals surface area contributed by atoms with E-state index >= 15 is 0 Å². The van der Waals surface area contributed by atoms with Gasteiger partial charge in [0, 0.05) is 5.56 Å². The lowest BCUT2D eigenvalue weighted by Gasteiger charge is -2.03.